The van der Waals surface area contributed by atoms with E-state index in [0.717, 1.165) is 12.3 Å². The fourth-order valence-corrected chi connectivity index (χ4v) is 5.09. The first-order chi connectivity index (χ1) is 12.8. The van der Waals surface area contributed by atoms with Crippen molar-refractivity contribution >= 4 is 17.2 Å². The highest BCUT2D eigenvalue weighted by molar-refractivity contribution is 5.90. The van der Waals surface area contributed by atoms with E-state index in [4.69, 9.17) is 0 Å². The highest BCUT2D eigenvalue weighted by Gasteiger charge is 2.28. The number of hydrogen-bond donors (Lipinski definition) is 0. The first-order valence-electron chi connectivity index (χ1n) is 10.1. The molecule has 26 heavy (non-hydrogen) atoms. The Balaban J connectivity index is 1.42. The minimum absolute atomic E-state index is 0.664. The molecule has 0 amide bonds. The Morgan fingerprint density at radius 2 is 1.81 bits per heavy atom. The lowest BCUT2D eigenvalue weighted by Gasteiger charge is -2.18. The van der Waals surface area contributed by atoms with Gasteiger partial charge in [-0.25, -0.2) is 0 Å². The standard InChI is InChI=1S/C26H26/c1-18-6-2-5-9-24(18)22-11-10-20(16-22)21-12-14-26-23(17-21)13-15-25(26)19-7-3-4-8-19/h2,5-6,9-10,12-17,19,25H,3-4,7-8,11H2,1H3. The molecule has 0 N–H and O–H groups in total. The Kier molecular flexibility index (Phi) is 3.93. The zero-order chi connectivity index (χ0) is 17.5. The Labute approximate surface area is 157 Å². The number of rotatable bonds is 3. The van der Waals surface area contributed by atoms with Crippen molar-refractivity contribution in [3.8, 4) is 0 Å². The maximum atomic E-state index is 2.46. The molecule has 0 radical (unpaired) electrons. The number of hydrogen-bond acceptors (Lipinski definition) is 0. The third kappa shape index (κ3) is 2.69. The molecular weight excluding hydrogens is 312 g/mol. The van der Waals surface area contributed by atoms with Gasteiger partial charge in [-0.3, -0.25) is 0 Å². The second-order valence-corrected chi connectivity index (χ2v) is 8.12. The van der Waals surface area contributed by atoms with E-state index >= 15 is 0 Å². The van der Waals surface area contributed by atoms with Crippen molar-refractivity contribution in [2.24, 2.45) is 5.92 Å². The van der Waals surface area contributed by atoms with Crippen LogP contribution in [0.5, 0.6) is 0 Å². The summed E-state index contributed by atoms with van der Waals surface area (Å²) in [5.74, 6) is 1.54. The van der Waals surface area contributed by atoms with E-state index < -0.39 is 0 Å². The van der Waals surface area contributed by atoms with E-state index in [1.807, 2.05) is 0 Å². The van der Waals surface area contributed by atoms with Crippen molar-refractivity contribution in [3.05, 3.63) is 88.5 Å². The molecule has 0 spiro atoms. The van der Waals surface area contributed by atoms with Crippen LogP contribution in [0.4, 0.5) is 0 Å². The van der Waals surface area contributed by atoms with Gasteiger partial charge >= 0.3 is 0 Å². The van der Waals surface area contributed by atoms with Crippen molar-refractivity contribution in [2.45, 2.75) is 44.9 Å². The Hall–Kier alpha value is -2.34. The van der Waals surface area contributed by atoms with Crippen LogP contribution in [0.1, 0.15) is 65.8 Å². The Morgan fingerprint density at radius 3 is 2.65 bits per heavy atom. The monoisotopic (exact) mass is 338 g/mol. The molecule has 0 heteroatoms. The molecule has 0 aliphatic heterocycles. The smallest absolute Gasteiger partial charge is 0.00555 e. The van der Waals surface area contributed by atoms with Gasteiger partial charge in [0.25, 0.3) is 0 Å². The lowest BCUT2D eigenvalue weighted by atomic mass is 9.86. The molecule has 5 rings (SSSR count). The zero-order valence-corrected chi connectivity index (χ0v) is 15.5. The van der Waals surface area contributed by atoms with Crippen molar-refractivity contribution < 1.29 is 0 Å². The van der Waals surface area contributed by atoms with Crippen LogP contribution in [-0.2, 0) is 0 Å². The van der Waals surface area contributed by atoms with Gasteiger partial charge in [0, 0.05) is 5.92 Å². The SMILES string of the molecule is Cc1ccccc1C1=CC(c2ccc3c(c2)C=CC3C2CCCC2)=CC1. The Morgan fingerprint density at radius 1 is 0.962 bits per heavy atom. The molecule has 0 bridgehead atoms. The minimum atomic E-state index is 0.664. The van der Waals surface area contributed by atoms with E-state index in [2.05, 4.69) is 73.7 Å². The van der Waals surface area contributed by atoms with Crippen molar-refractivity contribution in [1.29, 1.82) is 0 Å². The van der Waals surface area contributed by atoms with Crippen LogP contribution >= 0.6 is 0 Å². The summed E-state index contributed by atoms with van der Waals surface area (Å²) in [5, 5.41) is 0. The quantitative estimate of drug-likeness (QED) is 0.556. The number of fused-ring (bicyclic) bond motifs is 1. The highest BCUT2D eigenvalue weighted by atomic mass is 14.3. The highest BCUT2D eigenvalue weighted by Crippen LogP contribution is 2.44. The summed E-state index contributed by atoms with van der Waals surface area (Å²) < 4.78 is 0. The molecule has 1 atom stereocenters. The van der Waals surface area contributed by atoms with Crippen LogP contribution in [0.25, 0.3) is 17.2 Å². The van der Waals surface area contributed by atoms with Crippen LogP contribution in [0.2, 0.25) is 0 Å². The van der Waals surface area contributed by atoms with Crippen LogP contribution in [0.3, 0.4) is 0 Å². The van der Waals surface area contributed by atoms with Crippen LogP contribution in [-0.4, -0.2) is 0 Å². The van der Waals surface area contributed by atoms with Crippen LogP contribution < -0.4 is 0 Å². The average molecular weight is 338 g/mol. The second kappa shape index (κ2) is 6.43. The fraction of sp³-hybridized carbons (Fsp3) is 0.308. The molecule has 0 nitrogen and oxygen atoms in total. The average Bonchev–Trinajstić information content (AvgIpc) is 3.41. The molecular formula is C26H26. The van der Waals surface area contributed by atoms with E-state index in [1.165, 1.54) is 59.1 Å². The zero-order valence-electron chi connectivity index (χ0n) is 15.5. The van der Waals surface area contributed by atoms with E-state index in [-0.39, 0.29) is 0 Å². The summed E-state index contributed by atoms with van der Waals surface area (Å²) in [6.45, 7) is 2.21. The van der Waals surface area contributed by atoms with Gasteiger partial charge in [-0.1, -0.05) is 73.5 Å². The van der Waals surface area contributed by atoms with Gasteiger partial charge in [0.2, 0.25) is 0 Å². The second-order valence-electron chi connectivity index (χ2n) is 8.12. The van der Waals surface area contributed by atoms with Crippen LogP contribution in [0, 0.1) is 12.8 Å². The predicted octanol–water partition coefficient (Wildman–Crippen LogP) is 7.17. The topological polar surface area (TPSA) is 0 Å². The molecule has 1 saturated carbocycles. The molecule has 3 aliphatic carbocycles. The fourth-order valence-electron chi connectivity index (χ4n) is 5.09. The van der Waals surface area contributed by atoms with E-state index in [0.29, 0.717) is 5.92 Å². The van der Waals surface area contributed by atoms with Gasteiger partial charge in [0.15, 0.2) is 0 Å². The summed E-state index contributed by atoms with van der Waals surface area (Å²) in [5.41, 5.74) is 9.94. The van der Waals surface area contributed by atoms with E-state index in [9.17, 15) is 0 Å². The summed E-state index contributed by atoms with van der Waals surface area (Å²) in [4.78, 5) is 0. The van der Waals surface area contributed by atoms with E-state index in [1.54, 1.807) is 5.56 Å². The molecule has 1 unspecified atom stereocenters. The van der Waals surface area contributed by atoms with Crippen molar-refractivity contribution in [3.63, 3.8) is 0 Å². The van der Waals surface area contributed by atoms with Gasteiger partial charge in [-0.2, -0.15) is 0 Å². The molecule has 1 fully saturated rings. The minimum Gasteiger partial charge on any atom is -0.0761 e. The van der Waals surface area contributed by atoms with Crippen LogP contribution in [0.15, 0.2) is 60.7 Å². The largest absolute Gasteiger partial charge is 0.0761 e. The summed E-state index contributed by atoms with van der Waals surface area (Å²) >= 11 is 0. The first kappa shape index (κ1) is 15.9. The van der Waals surface area contributed by atoms with Gasteiger partial charge in [-0.05, 0) is 77.1 Å². The molecule has 3 aliphatic rings. The normalized spacial score (nSPS) is 21.8. The predicted molar refractivity (Wildman–Crippen MR) is 112 cm³/mol. The lowest BCUT2D eigenvalue weighted by Crippen LogP contribution is -2.05. The summed E-state index contributed by atoms with van der Waals surface area (Å²) in [6.07, 6.45) is 16.3. The number of aryl methyl sites for hydroxylation is 1. The molecule has 0 saturated heterocycles. The first-order valence-corrected chi connectivity index (χ1v) is 10.1. The van der Waals surface area contributed by atoms with Gasteiger partial charge in [0.1, 0.15) is 0 Å². The van der Waals surface area contributed by atoms with Gasteiger partial charge in [-0.15, -0.1) is 0 Å². The third-order valence-electron chi connectivity index (χ3n) is 6.53. The Bertz CT molecular complexity index is 932. The molecule has 2 aromatic rings. The molecule has 0 aromatic heterocycles. The van der Waals surface area contributed by atoms with Crippen molar-refractivity contribution in [1.82, 2.24) is 0 Å². The molecule has 0 heterocycles. The maximum absolute atomic E-state index is 2.46. The van der Waals surface area contributed by atoms with Gasteiger partial charge < -0.3 is 0 Å². The van der Waals surface area contributed by atoms with Crippen molar-refractivity contribution in [2.75, 3.05) is 0 Å². The molecule has 2 aromatic carbocycles. The molecule has 130 valence electrons. The van der Waals surface area contributed by atoms with Gasteiger partial charge in [0.05, 0.1) is 0 Å². The third-order valence-corrected chi connectivity index (χ3v) is 6.53. The number of benzene rings is 2. The summed E-state index contributed by atoms with van der Waals surface area (Å²) in [7, 11) is 0. The lowest BCUT2D eigenvalue weighted by molar-refractivity contribution is 0.498. The maximum Gasteiger partial charge on any atom is 0.00555 e. The summed E-state index contributed by atoms with van der Waals surface area (Å²) in [6, 6.07) is 15.9. The number of allylic oxidation sites excluding steroid dienone is 5.